The van der Waals surface area contributed by atoms with E-state index in [9.17, 15) is 18.8 Å². The van der Waals surface area contributed by atoms with Crippen LogP contribution in [0.3, 0.4) is 0 Å². The summed E-state index contributed by atoms with van der Waals surface area (Å²) in [6, 6.07) is 10.9. The van der Waals surface area contributed by atoms with E-state index in [4.69, 9.17) is 0 Å². The van der Waals surface area contributed by atoms with Gasteiger partial charge in [-0.15, -0.1) is 0 Å². The summed E-state index contributed by atoms with van der Waals surface area (Å²) in [6.45, 7) is 3.92. The number of carbonyl (C=O) groups is 1. The lowest BCUT2D eigenvalue weighted by Crippen LogP contribution is -2.31. The van der Waals surface area contributed by atoms with Crippen molar-refractivity contribution in [3.8, 4) is 0 Å². The highest BCUT2D eigenvalue weighted by Crippen LogP contribution is 2.17. The van der Waals surface area contributed by atoms with E-state index in [2.05, 4.69) is 15.3 Å². The second-order valence-electron chi connectivity index (χ2n) is 7.07. The van der Waals surface area contributed by atoms with E-state index < -0.39 is 17.3 Å². The van der Waals surface area contributed by atoms with Gasteiger partial charge in [0, 0.05) is 17.6 Å². The summed E-state index contributed by atoms with van der Waals surface area (Å²) in [5.74, 6) is -1.09. The van der Waals surface area contributed by atoms with E-state index in [-0.39, 0.29) is 17.7 Å². The third-order valence-electron chi connectivity index (χ3n) is 5.03. The summed E-state index contributed by atoms with van der Waals surface area (Å²) in [5, 5.41) is 4.01. The van der Waals surface area contributed by atoms with Crippen LogP contribution in [0.1, 0.15) is 27.0 Å². The van der Waals surface area contributed by atoms with Crippen LogP contribution >= 0.6 is 0 Å². The number of rotatable bonds is 3. The molecule has 4 aromatic rings. The number of amides is 1. The van der Waals surface area contributed by atoms with Crippen molar-refractivity contribution in [1.29, 1.82) is 0 Å². The van der Waals surface area contributed by atoms with Gasteiger partial charge in [0.05, 0.1) is 5.52 Å². The van der Waals surface area contributed by atoms with Gasteiger partial charge in [0.25, 0.3) is 17.0 Å². The minimum absolute atomic E-state index is 0.0298. The number of hydrogen-bond acceptors (Lipinski definition) is 3. The molecule has 2 heterocycles. The second-order valence-corrected chi connectivity index (χ2v) is 7.07. The Labute approximate surface area is 164 Å². The lowest BCUT2D eigenvalue weighted by Gasteiger charge is -2.08. The maximum Gasteiger partial charge on any atom is 0.261 e. The number of pyridine rings is 2. The summed E-state index contributed by atoms with van der Waals surface area (Å²) in [4.78, 5) is 42.4. The topological polar surface area (TPSA) is 94.8 Å². The number of fused-ring (bicyclic) bond motifs is 2. The Balaban J connectivity index is 1.62. The fourth-order valence-electron chi connectivity index (χ4n) is 3.27. The largest absolute Gasteiger partial charge is 0.348 e. The first-order valence-corrected chi connectivity index (χ1v) is 9.06. The van der Waals surface area contributed by atoms with E-state index in [0.717, 1.165) is 22.0 Å². The van der Waals surface area contributed by atoms with Crippen molar-refractivity contribution in [2.45, 2.75) is 20.4 Å². The zero-order valence-corrected chi connectivity index (χ0v) is 15.9. The lowest BCUT2D eigenvalue weighted by molar-refractivity contribution is 0.0949. The summed E-state index contributed by atoms with van der Waals surface area (Å²) >= 11 is 0. The Morgan fingerprint density at radius 2 is 1.59 bits per heavy atom. The number of aromatic amines is 2. The zero-order valence-electron chi connectivity index (χ0n) is 15.9. The number of H-pyrrole nitrogens is 2. The normalized spacial score (nSPS) is 11.1. The lowest BCUT2D eigenvalue weighted by atomic mass is 10.0. The summed E-state index contributed by atoms with van der Waals surface area (Å²) < 4.78 is 13.3. The predicted molar refractivity (Wildman–Crippen MR) is 110 cm³/mol. The molecule has 0 unspecified atom stereocenters. The van der Waals surface area contributed by atoms with Gasteiger partial charge in [0.1, 0.15) is 11.4 Å². The van der Waals surface area contributed by atoms with Crippen LogP contribution in [0.2, 0.25) is 0 Å². The van der Waals surface area contributed by atoms with Crippen molar-refractivity contribution in [2.75, 3.05) is 0 Å². The van der Waals surface area contributed by atoms with Crippen molar-refractivity contribution in [3.05, 3.63) is 91.2 Å². The molecule has 6 nitrogen and oxygen atoms in total. The first-order valence-electron chi connectivity index (χ1n) is 9.06. The molecule has 0 spiro atoms. The van der Waals surface area contributed by atoms with Crippen molar-refractivity contribution in [1.82, 2.24) is 15.3 Å². The van der Waals surface area contributed by atoms with Gasteiger partial charge in [-0.25, -0.2) is 4.39 Å². The Morgan fingerprint density at radius 3 is 2.38 bits per heavy atom. The van der Waals surface area contributed by atoms with Crippen LogP contribution in [0, 0.1) is 19.7 Å². The number of aryl methyl sites for hydroxylation is 2. The molecule has 0 radical (unpaired) electrons. The maximum atomic E-state index is 13.3. The average Bonchev–Trinajstić information content (AvgIpc) is 2.67. The highest BCUT2D eigenvalue weighted by molar-refractivity contribution is 5.97. The molecular weight excluding hydrogens is 373 g/mol. The molecular formula is C22H18FN3O3. The van der Waals surface area contributed by atoms with Gasteiger partial charge in [-0.1, -0.05) is 0 Å². The molecule has 7 heteroatoms. The van der Waals surface area contributed by atoms with Crippen LogP contribution in [-0.4, -0.2) is 15.9 Å². The van der Waals surface area contributed by atoms with E-state index in [1.54, 1.807) is 6.07 Å². The predicted octanol–water partition coefficient (Wildman–Crippen LogP) is 3.06. The molecule has 29 heavy (non-hydrogen) atoms. The molecule has 4 rings (SSSR count). The number of nitrogens with one attached hydrogen (secondary N) is 3. The van der Waals surface area contributed by atoms with Crippen LogP contribution in [-0.2, 0) is 6.54 Å². The van der Waals surface area contributed by atoms with Gasteiger partial charge in [-0.3, -0.25) is 14.4 Å². The van der Waals surface area contributed by atoms with E-state index >= 15 is 0 Å². The smallest absolute Gasteiger partial charge is 0.261 e. The third kappa shape index (κ3) is 3.54. The average molecular weight is 391 g/mol. The number of aromatic nitrogens is 2. The van der Waals surface area contributed by atoms with Crippen molar-refractivity contribution < 1.29 is 9.18 Å². The molecule has 0 aliphatic heterocycles. The number of hydrogen-bond donors (Lipinski definition) is 3. The van der Waals surface area contributed by atoms with Gasteiger partial charge in [0.15, 0.2) is 0 Å². The van der Waals surface area contributed by atoms with E-state index in [1.807, 2.05) is 26.0 Å². The molecule has 3 N–H and O–H groups in total. The highest BCUT2D eigenvalue weighted by atomic mass is 19.1. The first-order chi connectivity index (χ1) is 13.8. The van der Waals surface area contributed by atoms with Crippen LogP contribution in [0.5, 0.6) is 0 Å². The fraction of sp³-hybridized carbons (Fsp3) is 0.136. The summed E-state index contributed by atoms with van der Waals surface area (Å²) in [5.41, 5.74) is 2.56. The zero-order chi connectivity index (χ0) is 20.7. The van der Waals surface area contributed by atoms with Gasteiger partial charge in [0.2, 0.25) is 0 Å². The van der Waals surface area contributed by atoms with Crippen LogP contribution in [0.15, 0.2) is 52.1 Å². The first kappa shape index (κ1) is 18.6. The molecule has 0 bridgehead atoms. The highest BCUT2D eigenvalue weighted by Gasteiger charge is 2.13. The van der Waals surface area contributed by atoms with Crippen LogP contribution in [0.25, 0.3) is 21.8 Å². The maximum absolute atomic E-state index is 13.3. The Morgan fingerprint density at radius 1 is 0.897 bits per heavy atom. The third-order valence-corrected chi connectivity index (χ3v) is 5.03. The molecule has 0 atom stereocenters. The molecule has 146 valence electrons. The Hall–Kier alpha value is -3.74. The fourth-order valence-corrected chi connectivity index (χ4v) is 3.27. The Bertz CT molecular complexity index is 1400. The van der Waals surface area contributed by atoms with Gasteiger partial charge in [-0.05, 0) is 78.2 Å². The molecule has 2 aromatic carbocycles. The van der Waals surface area contributed by atoms with Crippen LogP contribution < -0.4 is 16.4 Å². The summed E-state index contributed by atoms with van der Waals surface area (Å²) in [7, 11) is 0. The molecule has 0 saturated heterocycles. The molecule has 1 amide bonds. The van der Waals surface area contributed by atoms with Crippen molar-refractivity contribution in [3.63, 3.8) is 0 Å². The number of carbonyl (C=O) groups excluding carboxylic acids is 1. The SMILES string of the molecule is Cc1cc2cc(CNC(=O)c3cc4ccc(F)cc4[nH]c3=O)c(=O)[nH]c2cc1C. The minimum atomic E-state index is -0.626. The number of benzene rings is 2. The molecule has 0 aliphatic rings. The van der Waals surface area contributed by atoms with Crippen molar-refractivity contribution >= 4 is 27.7 Å². The number of halogens is 1. The van der Waals surface area contributed by atoms with E-state index in [0.29, 0.717) is 16.5 Å². The monoisotopic (exact) mass is 391 g/mol. The van der Waals surface area contributed by atoms with Crippen LogP contribution in [0.4, 0.5) is 4.39 Å². The molecule has 2 aromatic heterocycles. The quantitative estimate of drug-likeness (QED) is 0.501. The van der Waals surface area contributed by atoms with Gasteiger partial charge >= 0.3 is 0 Å². The standard InChI is InChI=1S/C22H18FN3O3/c1-11-5-14-7-15(20(27)25-18(14)6-12(11)2)10-24-21(28)17-8-13-3-4-16(23)9-19(13)26-22(17)29/h3-9H,10H2,1-2H3,(H,24,28)(H,25,27)(H,26,29). The second kappa shape index (κ2) is 7.01. The minimum Gasteiger partial charge on any atom is -0.348 e. The molecule has 0 aliphatic carbocycles. The van der Waals surface area contributed by atoms with Gasteiger partial charge in [-0.2, -0.15) is 0 Å². The Kier molecular flexibility index (Phi) is 4.50. The molecule has 0 fully saturated rings. The van der Waals surface area contributed by atoms with Gasteiger partial charge < -0.3 is 15.3 Å². The van der Waals surface area contributed by atoms with Crippen molar-refractivity contribution in [2.24, 2.45) is 0 Å². The van der Waals surface area contributed by atoms with E-state index in [1.165, 1.54) is 24.3 Å². The molecule has 0 saturated carbocycles. The summed E-state index contributed by atoms with van der Waals surface area (Å²) in [6.07, 6.45) is 0.